The second-order valence-corrected chi connectivity index (χ2v) is 7.53. The lowest BCUT2D eigenvalue weighted by atomic mass is 9.97. The molecule has 5 heteroatoms. The summed E-state index contributed by atoms with van der Waals surface area (Å²) in [6, 6.07) is 25.5. The van der Waals surface area contributed by atoms with Crippen LogP contribution in [0.4, 0.5) is 11.4 Å². The van der Waals surface area contributed by atoms with Crippen LogP contribution in [-0.4, -0.2) is 17.9 Å². The number of carbonyl (C=O) groups is 2. The zero-order chi connectivity index (χ0) is 21.5. The van der Waals surface area contributed by atoms with E-state index in [1.807, 2.05) is 25.1 Å². The van der Waals surface area contributed by atoms with Crippen molar-refractivity contribution in [2.45, 2.75) is 32.9 Å². The van der Waals surface area contributed by atoms with Crippen LogP contribution in [0, 0.1) is 6.92 Å². The van der Waals surface area contributed by atoms with E-state index in [9.17, 15) is 9.59 Å². The highest BCUT2D eigenvalue weighted by atomic mass is 16.2. The van der Waals surface area contributed by atoms with Crippen LogP contribution in [0.15, 0.2) is 78.9 Å². The summed E-state index contributed by atoms with van der Waals surface area (Å²) in [7, 11) is 0. The summed E-state index contributed by atoms with van der Waals surface area (Å²) in [6.45, 7) is 5.44. The van der Waals surface area contributed by atoms with Crippen LogP contribution in [0.25, 0.3) is 0 Å². The van der Waals surface area contributed by atoms with Crippen LogP contribution >= 0.6 is 0 Å². The number of carbonyl (C=O) groups excluding carboxylic acids is 2. The van der Waals surface area contributed by atoms with E-state index in [2.05, 4.69) is 59.3 Å². The zero-order valence-electron chi connectivity index (χ0n) is 17.6. The number of rotatable bonds is 7. The van der Waals surface area contributed by atoms with Gasteiger partial charge in [-0.2, -0.15) is 0 Å². The lowest BCUT2D eigenvalue weighted by molar-refractivity contribution is -0.704. The molecule has 0 fully saturated rings. The zero-order valence-corrected chi connectivity index (χ0v) is 17.6. The van der Waals surface area contributed by atoms with Gasteiger partial charge in [-0.1, -0.05) is 60.2 Å². The molecule has 0 aliphatic rings. The molecule has 0 bridgehead atoms. The SMILES string of the molecule is CC(=O)Nc1ccc(NC(=O)[C@@H](C)[NH2+][C@H](c2ccccc2)c2ccc(C)cc2)cc1. The molecule has 4 N–H and O–H groups in total. The van der Waals surface area contributed by atoms with Crippen LogP contribution < -0.4 is 16.0 Å². The average molecular weight is 403 g/mol. The fourth-order valence-corrected chi connectivity index (χ4v) is 3.32. The Morgan fingerprint density at radius 1 is 0.767 bits per heavy atom. The monoisotopic (exact) mass is 402 g/mol. The van der Waals surface area contributed by atoms with E-state index in [-0.39, 0.29) is 23.9 Å². The minimum Gasteiger partial charge on any atom is -0.326 e. The fraction of sp³-hybridized carbons (Fsp3) is 0.200. The summed E-state index contributed by atoms with van der Waals surface area (Å²) in [4.78, 5) is 24.0. The number of nitrogens with one attached hydrogen (secondary N) is 2. The third kappa shape index (κ3) is 5.78. The quantitative estimate of drug-likeness (QED) is 0.564. The lowest BCUT2D eigenvalue weighted by Gasteiger charge is -2.21. The highest BCUT2D eigenvalue weighted by Crippen LogP contribution is 2.19. The Kier molecular flexibility index (Phi) is 6.99. The molecular formula is C25H28N3O2+. The number of anilines is 2. The van der Waals surface area contributed by atoms with Gasteiger partial charge in [0.2, 0.25) is 5.91 Å². The molecule has 0 aliphatic heterocycles. The Bertz CT molecular complexity index is 983. The highest BCUT2D eigenvalue weighted by Gasteiger charge is 2.24. The van der Waals surface area contributed by atoms with E-state index < -0.39 is 0 Å². The van der Waals surface area contributed by atoms with Crippen molar-refractivity contribution in [1.82, 2.24) is 0 Å². The Hall–Kier alpha value is -3.44. The second-order valence-electron chi connectivity index (χ2n) is 7.53. The maximum absolute atomic E-state index is 12.8. The summed E-state index contributed by atoms with van der Waals surface area (Å²) >= 11 is 0. The largest absolute Gasteiger partial charge is 0.326 e. The molecule has 0 heterocycles. The first-order valence-corrected chi connectivity index (χ1v) is 10.1. The predicted molar refractivity (Wildman–Crippen MR) is 120 cm³/mol. The fourth-order valence-electron chi connectivity index (χ4n) is 3.32. The first kappa shape index (κ1) is 21.3. The molecule has 0 saturated heterocycles. The highest BCUT2D eigenvalue weighted by molar-refractivity contribution is 5.94. The Morgan fingerprint density at radius 3 is 1.87 bits per heavy atom. The minimum atomic E-state index is -0.300. The van der Waals surface area contributed by atoms with E-state index >= 15 is 0 Å². The summed E-state index contributed by atoms with van der Waals surface area (Å²) in [5.41, 5.74) is 4.91. The van der Waals surface area contributed by atoms with Crippen molar-refractivity contribution >= 4 is 23.2 Å². The van der Waals surface area contributed by atoms with Gasteiger partial charge >= 0.3 is 0 Å². The molecule has 154 valence electrons. The number of benzene rings is 3. The maximum atomic E-state index is 12.8. The predicted octanol–water partition coefficient (Wildman–Crippen LogP) is 3.63. The lowest BCUT2D eigenvalue weighted by Crippen LogP contribution is -2.92. The van der Waals surface area contributed by atoms with Crippen molar-refractivity contribution in [3.05, 3.63) is 95.6 Å². The second kappa shape index (κ2) is 9.85. The molecule has 0 radical (unpaired) electrons. The molecule has 3 rings (SSSR count). The van der Waals surface area contributed by atoms with Crippen molar-refractivity contribution in [3.63, 3.8) is 0 Å². The molecule has 5 nitrogen and oxygen atoms in total. The molecule has 30 heavy (non-hydrogen) atoms. The molecule has 0 aliphatic carbocycles. The van der Waals surface area contributed by atoms with Gasteiger partial charge in [-0.3, -0.25) is 9.59 Å². The van der Waals surface area contributed by atoms with Crippen LogP contribution in [0.3, 0.4) is 0 Å². The van der Waals surface area contributed by atoms with Gasteiger partial charge in [0.05, 0.1) is 0 Å². The number of amides is 2. The van der Waals surface area contributed by atoms with Gasteiger partial charge < -0.3 is 16.0 Å². The van der Waals surface area contributed by atoms with Crippen molar-refractivity contribution in [2.75, 3.05) is 10.6 Å². The van der Waals surface area contributed by atoms with Gasteiger partial charge in [0, 0.05) is 29.4 Å². The van der Waals surface area contributed by atoms with Crippen LogP contribution in [0.1, 0.15) is 36.6 Å². The summed E-state index contributed by atoms with van der Waals surface area (Å²) in [6.07, 6.45) is 0. The van der Waals surface area contributed by atoms with Crippen molar-refractivity contribution in [1.29, 1.82) is 0 Å². The summed E-state index contributed by atoms with van der Waals surface area (Å²) < 4.78 is 0. The average Bonchev–Trinajstić information content (AvgIpc) is 2.74. The molecular weight excluding hydrogens is 374 g/mol. The summed E-state index contributed by atoms with van der Waals surface area (Å²) in [5, 5.41) is 7.76. The molecule has 2 amide bonds. The number of hydrogen-bond donors (Lipinski definition) is 3. The van der Waals surface area contributed by atoms with Crippen molar-refractivity contribution < 1.29 is 14.9 Å². The third-order valence-corrected chi connectivity index (χ3v) is 4.96. The molecule has 0 saturated carbocycles. The molecule has 3 aromatic carbocycles. The Morgan fingerprint density at radius 2 is 1.30 bits per heavy atom. The van der Waals surface area contributed by atoms with E-state index in [1.165, 1.54) is 12.5 Å². The van der Waals surface area contributed by atoms with E-state index in [0.29, 0.717) is 11.4 Å². The molecule has 2 atom stereocenters. The Balaban J connectivity index is 1.71. The number of quaternary nitrogens is 1. The summed E-state index contributed by atoms with van der Waals surface area (Å²) in [5.74, 6) is -0.201. The van der Waals surface area contributed by atoms with Gasteiger partial charge in [-0.25, -0.2) is 0 Å². The van der Waals surface area contributed by atoms with Crippen molar-refractivity contribution in [2.24, 2.45) is 0 Å². The van der Waals surface area contributed by atoms with Gasteiger partial charge in [0.1, 0.15) is 6.04 Å². The molecule has 0 spiro atoms. The maximum Gasteiger partial charge on any atom is 0.282 e. The smallest absolute Gasteiger partial charge is 0.282 e. The molecule has 0 unspecified atom stereocenters. The van der Waals surface area contributed by atoms with Crippen LogP contribution in [0.2, 0.25) is 0 Å². The third-order valence-electron chi connectivity index (χ3n) is 4.96. The van der Waals surface area contributed by atoms with Gasteiger partial charge in [0.15, 0.2) is 6.04 Å². The van der Waals surface area contributed by atoms with Crippen LogP contribution in [0.5, 0.6) is 0 Å². The number of aryl methyl sites for hydroxylation is 1. The van der Waals surface area contributed by atoms with E-state index in [1.54, 1.807) is 24.3 Å². The molecule has 3 aromatic rings. The standard InChI is InChI=1S/C25H27N3O2/c1-17-9-11-21(12-10-17)24(20-7-5-4-6-8-20)26-18(2)25(30)28-23-15-13-22(14-16-23)27-19(3)29/h4-16,18,24,26H,1-3H3,(H,27,29)(H,28,30)/p+1/t18-,24-/m1/s1. The van der Waals surface area contributed by atoms with Crippen LogP contribution in [-0.2, 0) is 9.59 Å². The number of nitrogens with two attached hydrogens (primary N) is 1. The first-order chi connectivity index (χ1) is 14.4. The Labute approximate surface area is 177 Å². The minimum absolute atomic E-state index is 0.0229. The van der Waals surface area contributed by atoms with Gasteiger partial charge in [-0.05, 0) is 38.1 Å². The normalized spacial score (nSPS) is 12.6. The number of hydrogen-bond acceptors (Lipinski definition) is 2. The van der Waals surface area contributed by atoms with E-state index in [0.717, 1.165) is 11.1 Å². The first-order valence-electron chi connectivity index (χ1n) is 10.1. The van der Waals surface area contributed by atoms with Gasteiger partial charge in [0.25, 0.3) is 5.91 Å². The molecule has 0 aromatic heterocycles. The van der Waals surface area contributed by atoms with Crippen molar-refractivity contribution in [3.8, 4) is 0 Å². The van der Waals surface area contributed by atoms with E-state index in [4.69, 9.17) is 0 Å². The van der Waals surface area contributed by atoms with Gasteiger partial charge in [-0.15, -0.1) is 0 Å². The topological polar surface area (TPSA) is 74.8 Å².